The number of fused-ring (bicyclic) bond motifs is 8. The summed E-state index contributed by atoms with van der Waals surface area (Å²) in [7, 11) is 0. The molecule has 1 atom stereocenters. The van der Waals surface area contributed by atoms with Gasteiger partial charge in [0, 0.05) is 56.0 Å². The van der Waals surface area contributed by atoms with Gasteiger partial charge >= 0.3 is 0 Å². The predicted octanol–water partition coefficient (Wildman–Crippen LogP) is 12.7. The molecule has 56 heavy (non-hydrogen) atoms. The first-order chi connectivity index (χ1) is 27.8. The van der Waals surface area contributed by atoms with E-state index in [1.165, 1.54) is 44.2 Å². The number of nitrogens with zero attached hydrogens (tertiary/aromatic N) is 5. The topological polar surface area (TPSA) is 46.8 Å². The highest BCUT2D eigenvalue weighted by molar-refractivity contribution is 6.13. The molecule has 1 unspecified atom stereocenters. The second kappa shape index (κ2) is 13.2. The van der Waals surface area contributed by atoms with Crippen LogP contribution in [0.5, 0.6) is 0 Å². The molecule has 0 bridgehead atoms. The Morgan fingerprint density at radius 2 is 1.05 bits per heavy atom. The summed E-state index contributed by atoms with van der Waals surface area (Å²) < 4.78 is 2.41. The van der Waals surface area contributed by atoms with Gasteiger partial charge in [-0.15, -0.1) is 0 Å². The third kappa shape index (κ3) is 5.28. The van der Waals surface area contributed by atoms with Crippen molar-refractivity contribution in [3.8, 4) is 51.0 Å². The number of anilines is 2. The first kappa shape index (κ1) is 32.1. The Morgan fingerprint density at radius 3 is 1.75 bits per heavy atom. The Labute approximate surface area is 325 Å². The number of rotatable bonds is 5. The van der Waals surface area contributed by atoms with Crippen molar-refractivity contribution < 1.29 is 0 Å². The predicted molar refractivity (Wildman–Crippen MR) is 229 cm³/mol. The fourth-order valence-electron chi connectivity index (χ4n) is 8.57. The van der Waals surface area contributed by atoms with Crippen LogP contribution in [0.1, 0.15) is 17.9 Å². The summed E-state index contributed by atoms with van der Waals surface area (Å²) in [5.41, 5.74) is 13.7. The molecule has 11 rings (SSSR count). The molecule has 9 aromatic rings. The molecule has 2 aliphatic rings. The molecule has 0 saturated heterocycles. The van der Waals surface area contributed by atoms with Gasteiger partial charge in [0.25, 0.3) is 0 Å². The molecule has 0 radical (unpaired) electrons. The van der Waals surface area contributed by atoms with Crippen LogP contribution in [0, 0.1) is 0 Å². The van der Waals surface area contributed by atoms with Crippen LogP contribution in [0.4, 0.5) is 11.4 Å². The molecule has 3 heterocycles. The highest BCUT2D eigenvalue weighted by Crippen LogP contribution is 2.52. The van der Waals surface area contributed by atoms with Crippen LogP contribution in [0.3, 0.4) is 0 Å². The van der Waals surface area contributed by atoms with E-state index in [0.29, 0.717) is 17.5 Å². The maximum absolute atomic E-state index is 5.02. The number of aromatic nitrogens is 4. The van der Waals surface area contributed by atoms with Gasteiger partial charge in [0.1, 0.15) is 0 Å². The summed E-state index contributed by atoms with van der Waals surface area (Å²) in [6.07, 6.45) is 7.74. The van der Waals surface area contributed by atoms with E-state index in [9.17, 15) is 0 Å². The fraction of sp³-hybridized carbons (Fsp3) is 0.0392. The molecule has 1 aliphatic carbocycles. The van der Waals surface area contributed by atoms with E-state index in [-0.39, 0.29) is 5.92 Å². The van der Waals surface area contributed by atoms with Crippen molar-refractivity contribution in [2.45, 2.75) is 12.3 Å². The smallest absolute Gasteiger partial charge is 0.164 e. The standard InChI is InChI=1S/C51H35N5/c1-4-16-34(17-5-1)49-52-50(35-18-6-2-7-19-35)54-51(53-49)36-28-30-38(31-29-36)56-45-26-14-12-24-41(45)39-22-10-11-23-40(39)43-32-44-42-25-13-15-27-46(42)55(48(44)33-47(43)56)37-20-8-3-9-21-37/h1-23,25-33,41H,24H2. The minimum atomic E-state index is 0.195. The Hall–Kier alpha value is -7.37. The van der Waals surface area contributed by atoms with Crippen molar-refractivity contribution in [2.24, 2.45) is 0 Å². The molecule has 2 aromatic heterocycles. The zero-order valence-electron chi connectivity index (χ0n) is 30.5. The van der Waals surface area contributed by atoms with Gasteiger partial charge in [0.2, 0.25) is 0 Å². The van der Waals surface area contributed by atoms with Crippen molar-refractivity contribution in [3.05, 3.63) is 205 Å². The SMILES string of the molecule is C1=CCC2C(=C1)N(c1ccc(-c3nc(-c4ccccc4)nc(-c4ccccc4)n3)cc1)c1cc3c(cc1-c1ccccc12)c1ccccc1n3-c1ccccc1. The van der Waals surface area contributed by atoms with E-state index in [4.69, 9.17) is 15.0 Å². The molecule has 0 fully saturated rings. The zero-order valence-corrected chi connectivity index (χ0v) is 30.5. The lowest BCUT2D eigenvalue weighted by Crippen LogP contribution is -2.21. The number of benzene rings is 7. The maximum Gasteiger partial charge on any atom is 0.164 e. The van der Waals surface area contributed by atoms with E-state index in [0.717, 1.165) is 40.2 Å². The second-order valence-electron chi connectivity index (χ2n) is 14.4. The van der Waals surface area contributed by atoms with Crippen LogP contribution in [-0.2, 0) is 0 Å². The molecule has 264 valence electrons. The number of allylic oxidation sites excluding steroid dienone is 4. The second-order valence-corrected chi connectivity index (χ2v) is 14.4. The van der Waals surface area contributed by atoms with Crippen molar-refractivity contribution >= 4 is 33.2 Å². The number of para-hydroxylation sites is 2. The van der Waals surface area contributed by atoms with E-state index < -0.39 is 0 Å². The first-order valence-corrected chi connectivity index (χ1v) is 19.1. The normalized spacial score (nSPS) is 14.5. The van der Waals surface area contributed by atoms with Crippen LogP contribution in [0.2, 0.25) is 0 Å². The first-order valence-electron chi connectivity index (χ1n) is 19.1. The molecule has 0 N–H and O–H groups in total. The van der Waals surface area contributed by atoms with Gasteiger partial charge in [-0.25, -0.2) is 15.0 Å². The van der Waals surface area contributed by atoms with E-state index in [1.54, 1.807) is 0 Å². The van der Waals surface area contributed by atoms with Gasteiger partial charge in [0.05, 0.1) is 16.7 Å². The Kier molecular flexibility index (Phi) is 7.56. The van der Waals surface area contributed by atoms with Crippen molar-refractivity contribution in [3.63, 3.8) is 0 Å². The molecule has 7 aromatic carbocycles. The molecule has 0 spiro atoms. The highest BCUT2D eigenvalue weighted by Gasteiger charge is 2.33. The average Bonchev–Trinajstić information content (AvgIpc) is 3.54. The van der Waals surface area contributed by atoms with E-state index in [1.807, 2.05) is 60.7 Å². The van der Waals surface area contributed by atoms with Gasteiger partial charge < -0.3 is 9.47 Å². The molecular weight excluding hydrogens is 683 g/mol. The van der Waals surface area contributed by atoms with Crippen LogP contribution in [-0.4, -0.2) is 19.5 Å². The van der Waals surface area contributed by atoms with Crippen molar-refractivity contribution in [2.75, 3.05) is 4.90 Å². The molecular formula is C51H35N5. The van der Waals surface area contributed by atoms with Gasteiger partial charge in [0.15, 0.2) is 17.5 Å². The van der Waals surface area contributed by atoms with Crippen LogP contribution in [0.25, 0.3) is 72.8 Å². The van der Waals surface area contributed by atoms with Crippen LogP contribution >= 0.6 is 0 Å². The van der Waals surface area contributed by atoms with Gasteiger partial charge in [-0.05, 0) is 78.2 Å². The molecule has 5 nitrogen and oxygen atoms in total. The molecule has 1 aliphatic heterocycles. The van der Waals surface area contributed by atoms with Crippen LogP contribution < -0.4 is 4.90 Å². The highest BCUT2D eigenvalue weighted by atomic mass is 15.2. The lowest BCUT2D eigenvalue weighted by Gasteiger charge is -2.32. The van der Waals surface area contributed by atoms with E-state index in [2.05, 4.69) is 143 Å². The van der Waals surface area contributed by atoms with Crippen molar-refractivity contribution in [1.82, 2.24) is 19.5 Å². The van der Waals surface area contributed by atoms with Gasteiger partial charge in [-0.3, -0.25) is 0 Å². The molecule has 5 heteroatoms. The summed E-state index contributed by atoms with van der Waals surface area (Å²) >= 11 is 0. The largest absolute Gasteiger partial charge is 0.313 e. The Morgan fingerprint density at radius 1 is 0.464 bits per heavy atom. The Bertz CT molecular complexity index is 2920. The summed E-state index contributed by atoms with van der Waals surface area (Å²) in [5, 5.41) is 2.48. The minimum Gasteiger partial charge on any atom is -0.313 e. The average molecular weight is 718 g/mol. The number of hydrogen-bond acceptors (Lipinski definition) is 4. The summed E-state index contributed by atoms with van der Waals surface area (Å²) in [6, 6.07) is 62.3. The lowest BCUT2D eigenvalue weighted by atomic mass is 9.85. The minimum absolute atomic E-state index is 0.195. The molecule has 0 saturated carbocycles. The maximum atomic E-state index is 5.02. The third-order valence-corrected chi connectivity index (χ3v) is 11.1. The zero-order chi connectivity index (χ0) is 37.0. The fourth-order valence-corrected chi connectivity index (χ4v) is 8.57. The monoisotopic (exact) mass is 717 g/mol. The lowest BCUT2D eigenvalue weighted by molar-refractivity contribution is 0.781. The van der Waals surface area contributed by atoms with Crippen LogP contribution in [0.15, 0.2) is 200 Å². The quantitative estimate of drug-likeness (QED) is 0.178. The summed E-state index contributed by atoms with van der Waals surface area (Å²) in [6.45, 7) is 0. The third-order valence-electron chi connectivity index (χ3n) is 11.1. The number of hydrogen-bond donors (Lipinski definition) is 0. The van der Waals surface area contributed by atoms with E-state index >= 15 is 0 Å². The Balaban J connectivity index is 1.12. The van der Waals surface area contributed by atoms with Crippen molar-refractivity contribution in [1.29, 1.82) is 0 Å². The summed E-state index contributed by atoms with van der Waals surface area (Å²) in [4.78, 5) is 17.4. The van der Waals surface area contributed by atoms with Gasteiger partial charge in [-0.1, -0.05) is 133 Å². The molecule has 0 amide bonds. The van der Waals surface area contributed by atoms with Gasteiger partial charge in [-0.2, -0.15) is 0 Å². The summed E-state index contributed by atoms with van der Waals surface area (Å²) in [5.74, 6) is 2.14.